The van der Waals surface area contributed by atoms with E-state index in [-0.39, 0.29) is 16.2 Å². The van der Waals surface area contributed by atoms with Gasteiger partial charge in [0.25, 0.3) is 11.5 Å². The van der Waals surface area contributed by atoms with Crippen molar-refractivity contribution < 1.29 is 9.53 Å². The highest BCUT2D eigenvalue weighted by molar-refractivity contribution is 7.71. The highest BCUT2D eigenvalue weighted by Crippen LogP contribution is 2.13. The number of nitrogens with zero attached hydrogens (tertiary/aromatic N) is 1. The molecule has 110 valence electrons. The van der Waals surface area contributed by atoms with Crippen LogP contribution < -0.4 is 5.56 Å². The average Bonchev–Trinajstić information content (AvgIpc) is 2.74. The van der Waals surface area contributed by atoms with E-state index in [0.29, 0.717) is 42.8 Å². The summed E-state index contributed by atoms with van der Waals surface area (Å²) in [6.45, 7) is 2.51. The number of ether oxygens (including phenoxy) is 1. The molecule has 0 aliphatic carbocycles. The van der Waals surface area contributed by atoms with Crippen molar-refractivity contribution in [3.8, 4) is 0 Å². The molecule has 0 radical (unpaired) electrons. The molecule has 1 aliphatic heterocycles. The maximum Gasteiger partial charge on any atom is 0.259 e. The van der Waals surface area contributed by atoms with Crippen LogP contribution in [0.25, 0.3) is 10.9 Å². The molecule has 1 amide bonds. The molecule has 0 atom stereocenters. The minimum Gasteiger partial charge on any atom is -0.380 e. The van der Waals surface area contributed by atoms with E-state index in [2.05, 4.69) is 9.97 Å². The van der Waals surface area contributed by atoms with Crippen molar-refractivity contribution in [2.45, 2.75) is 6.42 Å². The third-order valence-electron chi connectivity index (χ3n) is 3.50. The maximum absolute atomic E-state index is 12.5. The van der Waals surface area contributed by atoms with E-state index in [0.717, 1.165) is 6.42 Å². The molecule has 0 unspecified atom stereocenters. The summed E-state index contributed by atoms with van der Waals surface area (Å²) in [5.74, 6) is -0.0537. The van der Waals surface area contributed by atoms with E-state index >= 15 is 0 Å². The van der Waals surface area contributed by atoms with Crippen LogP contribution in [-0.2, 0) is 4.74 Å². The average molecular weight is 305 g/mol. The molecule has 1 saturated heterocycles. The summed E-state index contributed by atoms with van der Waals surface area (Å²) >= 11 is 4.96. The first kappa shape index (κ1) is 14.0. The number of fused-ring (bicyclic) bond motifs is 1. The number of benzene rings is 1. The molecule has 1 fully saturated rings. The van der Waals surface area contributed by atoms with Crippen LogP contribution in [0.3, 0.4) is 0 Å². The van der Waals surface area contributed by atoms with Crippen LogP contribution in [-0.4, -0.2) is 47.1 Å². The third-order valence-corrected chi connectivity index (χ3v) is 3.70. The van der Waals surface area contributed by atoms with Gasteiger partial charge in [0.1, 0.15) is 0 Å². The van der Waals surface area contributed by atoms with Gasteiger partial charge >= 0.3 is 0 Å². The van der Waals surface area contributed by atoms with E-state index in [9.17, 15) is 9.59 Å². The Morgan fingerprint density at radius 3 is 2.95 bits per heavy atom. The highest BCUT2D eigenvalue weighted by atomic mass is 32.1. The number of carbonyl (C=O) groups is 1. The van der Waals surface area contributed by atoms with Gasteiger partial charge in [-0.2, -0.15) is 0 Å². The quantitative estimate of drug-likeness (QED) is 0.782. The van der Waals surface area contributed by atoms with Crippen LogP contribution in [0.5, 0.6) is 0 Å². The molecule has 2 N–H and O–H groups in total. The molecule has 2 aromatic rings. The minimum absolute atomic E-state index is 0.0537. The van der Waals surface area contributed by atoms with Gasteiger partial charge in [-0.25, -0.2) is 0 Å². The number of rotatable bonds is 1. The Balaban J connectivity index is 1.98. The molecule has 0 spiro atoms. The topological polar surface area (TPSA) is 78.2 Å². The SMILES string of the molecule is O=C(c1ccc2c(=O)[nH]c(=S)[nH]c2c1)N1CCCOCC1. The van der Waals surface area contributed by atoms with E-state index in [1.165, 1.54) is 0 Å². The Morgan fingerprint density at radius 2 is 2.10 bits per heavy atom. The van der Waals surface area contributed by atoms with E-state index in [1.54, 1.807) is 23.1 Å². The minimum atomic E-state index is -0.254. The van der Waals surface area contributed by atoms with Crippen LogP contribution in [0, 0.1) is 4.77 Å². The summed E-state index contributed by atoms with van der Waals surface area (Å²) in [6.07, 6.45) is 0.835. The zero-order chi connectivity index (χ0) is 14.8. The summed E-state index contributed by atoms with van der Waals surface area (Å²) in [4.78, 5) is 31.5. The molecule has 3 rings (SSSR count). The van der Waals surface area contributed by atoms with E-state index in [1.807, 2.05) is 0 Å². The molecule has 1 aromatic carbocycles. The Hall–Kier alpha value is -1.99. The largest absolute Gasteiger partial charge is 0.380 e. The summed E-state index contributed by atoms with van der Waals surface area (Å²) in [7, 11) is 0. The normalized spacial score (nSPS) is 15.9. The number of H-pyrrole nitrogens is 2. The van der Waals surface area contributed by atoms with Crippen molar-refractivity contribution in [1.29, 1.82) is 0 Å². The molecule has 21 heavy (non-hydrogen) atoms. The predicted octanol–water partition coefficient (Wildman–Crippen LogP) is 1.45. The molecular weight excluding hydrogens is 290 g/mol. The van der Waals surface area contributed by atoms with Gasteiger partial charge in [0, 0.05) is 25.3 Å². The lowest BCUT2D eigenvalue weighted by Crippen LogP contribution is -2.33. The molecule has 6 nitrogen and oxygen atoms in total. The number of aromatic amines is 2. The van der Waals surface area contributed by atoms with E-state index in [4.69, 9.17) is 17.0 Å². The van der Waals surface area contributed by atoms with Crippen molar-refractivity contribution in [2.75, 3.05) is 26.3 Å². The molecule has 2 heterocycles. The van der Waals surface area contributed by atoms with Gasteiger partial charge in [-0.05, 0) is 36.8 Å². The van der Waals surface area contributed by atoms with Crippen LogP contribution in [0.1, 0.15) is 16.8 Å². The highest BCUT2D eigenvalue weighted by Gasteiger charge is 2.18. The lowest BCUT2D eigenvalue weighted by Gasteiger charge is -2.19. The molecule has 0 saturated carbocycles. The van der Waals surface area contributed by atoms with Crippen molar-refractivity contribution in [3.05, 3.63) is 38.9 Å². The summed E-state index contributed by atoms with van der Waals surface area (Å²) in [5, 5.41) is 0.486. The smallest absolute Gasteiger partial charge is 0.259 e. The zero-order valence-corrected chi connectivity index (χ0v) is 12.2. The summed E-state index contributed by atoms with van der Waals surface area (Å²) in [6, 6.07) is 4.98. The van der Waals surface area contributed by atoms with Gasteiger partial charge in [0.2, 0.25) is 0 Å². The molecule has 0 bridgehead atoms. The first-order valence-electron chi connectivity index (χ1n) is 6.78. The Labute approximate surface area is 125 Å². The molecule has 1 aromatic heterocycles. The summed E-state index contributed by atoms with van der Waals surface area (Å²) < 4.78 is 5.60. The molecule has 1 aliphatic rings. The monoisotopic (exact) mass is 305 g/mol. The third kappa shape index (κ3) is 2.88. The number of amides is 1. The summed E-state index contributed by atoms with van der Waals surface area (Å²) in [5.41, 5.74) is 0.859. The van der Waals surface area contributed by atoms with Crippen LogP contribution in [0.4, 0.5) is 0 Å². The van der Waals surface area contributed by atoms with Crippen molar-refractivity contribution in [3.63, 3.8) is 0 Å². The fourth-order valence-electron chi connectivity index (χ4n) is 2.43. The zero-order valence-electron chi connectivity index (χ0n) is 11.3. The number of hydrogen-bond acceptors (Lipinski definition) is 4. The number of nitrogens with one attached hydrogen (secondary N) is 2. The van der Waals surface area contributed by atoms with Crippen LogP contribution in [0.2, 0.25) is 0 Å². The van der Waals surface area contributed by atoms with Gasteiger partial charge in [-0.15, -0.1) is 0 Å². The Kier molecular flexibility index (Phi) is 3.85. The number of hydrogen-bond donors (Lipinski definition) is 2. The van der Waals surface area contributed by atoms with Crippen molar-refractivity contribution >= 4 is 29.0 Å². The lowest BCUT2D eigenvalue weighted by atomic mass is 10.1. The number of aromatic nitrogens is 2. The van der Waals surface area contributed by atoms with Gasteiger partial charge in [0.05, 0.1) is 17.5 Å². The van der Waals surface area contributed by atoms with Gasteiger partial charge < -0.3 is 14.6 Å². The predicted molar refractivity (Wildman–Crippen MR) is 81.1 cm³/mol. The maximum atomic E-state index is 12.5. The van der Waals surface area contributed by atoms with E-state index < -0.39 is 0 Å². The Bertz CT molecular complexity index is 788. The molecular formula is C14H15N3O3S. The second-order valence-corrected chi connectivity index (χ2v) is 5.33. The number of carbonyl (C=O) groups excluding carboxylic acids is 1. The van der Waals surface area contributed by atoms with Gasteiger partial charge in [-0.3, -0.25) is 14.6 Å². The van der Waals surface area contributed by atoms with Crippen LogP contribution in [0.15, 0.2) is 23.0 Å². The Morgan fingerprint density at radius 1 is 1.24 bits per heavy atom. The fraction of sp³-hybridized carbons (Fsp3) is 0.357. The molecule has 7 heteroatoms. The lowest BCUT2D eigenvalue weighted by molar-refractivity contribution is 0.0741. The first-order valence-corrected chi connectivity index (χ1v) is 7.19. The second-order valence-electron chi connectivity index (χ2n) is 4.93. The van der Waals surface area contributed by atoms with Crippen molar-refractivity contribution in [2.24, 2.45) is 0 Å². The first-order chi connectivity index (χ1) is 10.1. The van der Waals surface area contributed by atoms with Crippen LogP contribution >= 0.6 is 12.2 Å². The fourth-order valence-corrected chi connectivity index (χ4v) is 2.64. The van der Waals surface area contributed by atoms with Gasteiger partial charge in [0.15, 0.2) is 4.77 Å². The van der Waals surface area contributed by atoms with Crippen molar-refractivity contribution in [1.82, 2.24) is 14.9 Å². The second kappa shape index (κ2) is 5.79. The van der Waals surface area contributed by atoms with Gasteiger partial charge in [-0.1, -0.05) is 0 Å². The standard InChI is InChI=1S/C14H15N3O3S/c18-12-10-3-2-9(8-11(10)15-14(21)16-12)13(19)17-4-1-6-20-7-5-17/h2-3,8H,1,4-7H2,(H2,15,16,18,21).